The molecule has 0 aromatic heterocycles. The summed E-state index contributed by atoms with van der Waals surface area (Å²) in [5, 5.41) is 5.39. The van der Waals surface area contributed by atoms with Gasteiger partial charge in [-0.25, -0.2) is 0 Å². The summed E-state index contributed by atoms with van der Waals surface area (Å²) in [5.41, 5.74) is 0.670. The Morgan fingerprint density at radius 1 is 1.23 bits per heavy atom. The molecule has 0 spiro atoms. The van der Waals surface area contributed by atoms with E-state index in [4.69, 9.17) is 9.47 Å². The van der Waals surface area contributed by atoms with E-state index >= 15 is 0 Å². The molecule has 0 fully saturated rings. The number of fused-ring (bicyclic) bond motifs is 1. The highest BCUT2D eigenvalue weighted by Gasteiger charge is 2.15. The van der Waals surface area contributed by atoms with Crippen LogP contribution in [0.4, 0.5) is 5.69 Å². The van der Waals surface area contributed by atoms with E-state index in [1.54, 1.807) is 25.2 Å². The van der Waals surface area contributed by atoms with Gasteiger partial charge in [0, 0.05) is 31.8 Å². The number of nitrogens with zero attached hydrogens (tertiary/aromatic N) is 1. The van der Waals surface area contributed by atoms with Crippen LogP contribution in [0.5, 0.6) is 11.5 Å². The van der Waals surface area contributed by atoms with Crippen molar-refractivity contribution in [3.63, 3.8) is 0 Å². The van der Waals surface area contributed by atoms with Crippen molar-refractivity contribution < 1.29 is 19.1 Å². The first-order valence-corrected chi connectivity index (χ1v) is 7.24. The van der Waals surface area contributed by atoms with E-state index in [1.165, 1.54) is 0 Å². The molecule has 0 radical (unpaired) electrons. The number of benzene rings is 1. The van der Waals surface area contributed by atoms with Crippen molar-refractivity contribution in [2.45, 2.75) is 13.3 Å². The molecule has 0 saturated carbocycles. The lowest BCUT2D eigenvalue weighted by molar-refractivity contribution is -0.122. The van der Waals surface area contributed by atoms with Gasteiger partial charge in [-0.2, -0.15) is 0 Å². The Bertz CT molecular complexity index is 548. The Morgan fingerprint density at radius 2 is 2.00 bits per heavy atom. The monoisotopic (exact) mass is 307 g/mol. The van der Waals surface area contributed by atoms with Crippen LogP contribution in [-0.2, 0) is 9.59 Å². The van der Waals surface area contributed by atoms with Gasteiger partial charge >= 0.3 is 0 Å². The molecule has 0 bridgehead atoms. The van der Waals surface area contributed by atoms with Crippen LogP contribution in [0.25, 0.3) is 0 Å². The normalized spacial score (nSPS) is 12.3. The molecule has 7 heteroatoms. The zero-order chi connectivity index (χ0) is 15.9. The Morgan fingerprint density at radius 3 is 2.73 bits per heavy atom. The number of ether oxygens (including phenoxy) is 2. The van der Waals surface area contributed by atoms with Crippen LogP contribution in [0.2, 0.25) is 0 Å². The lowest BCUT2D eigenvalue weighted by Crippen LogP contribution is -2.37. The number of likely N-dealkylation sites (N-methyl/N-ethyl adjacent to an activating group) is 2. The van der Waals surface area contributed by atoms with Crippen molar-refractivity contribution in [3.05, 3.63) is 18.2 Å². The second-order valence-corrected chi connectivity index (χ2v) is 4.91. The van der Waals surface area contributed by atoms with Gasteiger partial charge < -0.3 is 20.1 Å². The standard InChI is InChI=1S/C15H21N3O4/c1-3-18(9-15(20)16-2)7-6-14(19)17-11-4-5-12-13(8-11)22-10-21-12/h4-5,8H,3,6-7,9-10H2,1-2H3,(H,16,20)(H,17,19). The minimum absolute atomic E-state index is 0.0574. The van der Waals surface area contributed by atoms with Crippen LogP contribution in [-0.4, -0.2) is 50.2 Å². The number of hydrogen-bond acceptors (Lipinski definition) is 5. The predicted molar refractivity (Wildman–Crippen MR) is 82.0 cm³/mol. The lowest BCUT2D eigenvalue weighted by Gasteiger charge is -2.18. The third kappa shape index (κ3) is 4.36. The molecule has 0 saturated heterocycles. The van der Waals surface area contributed by atoms with E-state index < -0.39 is 0 Å². The molecule has 1 aliphatic heterocycles. The first-order valence-electron chi connectivity index (χ1n) is 7.24. The molecule has 7 nitrogen and oxygen atoms in total. The zero-order valence-electron chi connectivity index (χ0n) is 12.8. The average molecular weight is 307 g/mol. The largest absolute Gasteiger partial charge is 0.454 e. The summed E-state index contributed by atoms with van der Waals surface area (Å²) in [7, 11) is 1.60. The molecular weight excluding hydrogens is 286 g/mol. The number of amides is 2. The van der Waals surface area contributed by atoms with Gasteiger partial charge in [-0.15, -0.1) is 0 Å². The Kier molecular flexibility index (Phi) is 5.60. The Labute approximate surface area is 129 Å². The summed E-state index contributed by atoms with van der Waals surface area (Å²) in [4.78, 5) is 25.2. The van der Waals surface area contributed by atoms with E-state index in [0.717, 1.165) is 0 Å². The molecule has 2 N–H and O–H groups in total. The topological polar surface area (TPSA) is 79.9 Å². The number of rotatable bonds is 7. The van der Waals surface area contributed by atoms with Crippen molar-refractivity contribution in [1.82, 2.24) is 10.2 Å². The van der Waals surface area contributed by atoms with Gasteiger partial charge in [0.25, 0.3) is 0 Å². The maximum absolute atomic E-state index is 12.0. The van der Waals surface area contributed by atoms with Crippen molar-refractivity contribution in [2.75, 3.05) is 38.8 Å². The maximum Gasteiger partial charge on any atom is 0.233 e. The third-order valence-corrected chi connectivity index (χ3v) is 3.40. The summed E-state index contributed by atoms with van der Waals surface area (Å²) in [6, 6.07) is 5.28. The van der Waals surface area contributed by atoms with Crippen molar-refractivity contribution in [3.8, 4) is 11.5 Å². The first-order chi connectivity index (χ1) is 10.6. The summed E-state index contributed by atoms with van der Waals surface area (Å²) in [5.74, 6) is 1.15. The Hall–Kier alpha value is -2.28. The highest BCUT2D eigenvalue weighted by Crippen LogP contribution is 2.34. The average Bonchev–Trinajstić information content (AvgIpc) is 2.98. The minimum Gasteiger partial charge on any atom is -0.454 e. The fourth-order valence-electron chi connectivity index (χ4n) is 2.09. The molecule has 0 unspecified atom stereocenters. The van der Waals surface area contributed by atoms with Gasteiger partial charge in [0.1, 0.15) is 0 Å². The smallest absolute Gasteiger partial charge is 0.233 e. The fourth-order valence-corrected chi connectivity index (χ4v) is 2.09. The SMILES string of the molecule is CCN(CCC(=O)Nc1ccc2c(c1)OCO2)CC(=O)NC. The van der Waals surface area contributed by atoms with E-state index in [-0.39, 0.29) is 18.6 Å². The molecule has 1 heterocycles. The maximum atomic E-state index is 12.0. The molecule has 2 rings (SSSR count). The molecule has 2 amide bonds. The van der Waals surface area contributed by atoms with Crippen LogP contribution in [0.3, 0.4) is 0 Å². The van der Waals surface area contributed by atoms with Gasteiger partial charge in [-0.3, -0.25) is 14.5 Å². The van der Waals surface area contributed by atoms with Gasteiger partial charge in [0.15, 0.2) is 11.5 Å². The van der Waals surface area contributed by atoms with Crippen LogP contribution in [0, 0.1) is 0 Å². The second kappa shape index (κ2) is 7.65. The molecule has 1 aromatic carbocycles. The number of nitrogens with one attached hydrogen (secondary N) is 2. The molecule has 22 heavy (non-hydrogen) atoms. The molecule has 1 aromatic rings. The van der Waals surface area contributed by atoms with E-state index in [9.17, 15) is 9.59 Å². The summed E-state index contributed by atoms with van der Waals surface area (Å²) in [6.07, 6.45) is 0.319. The molecule has 0 atom stereocenters. The van der Waals surface area contributed by atoms with Gasteiger partial charge in [-0.1, -0.05) is 6.92 Å². The van der Waals surface area contributed by atoms with Gasteiger partial charge in [0.2, 0.25) is 18.6 Å². The number of carbonyl (C=O) groups excluding carboxylic acids is 2. The van der Waals surface area contributed by atoms with Crippen molar-refractivity contribution in [1.29, 1.82) is 0 Å². The van der Waals surface area contributed by atoms with E-state index in [2.05, 4.69) is 10.6 Å². The highest BCUT2D eigenvalue weighted by molar-refractivity contribution is 5.91. The molecule has 1 aliphatic rings. The molecule has 0 aliphatic carbocycles. The van der Waals surface area contributed by atoms with Crippen molar-refractivity contribution in [2.24, 2.45) is 0 Å². The summed E-state index contributed by atoms with van der Waals surface area (Å²) < 4.78 is 10.5. The van der Waals surface area contributed by atoms with Crippen molar-refractivity contribution >= 4 is 17.5 Å². The molecular formula is C15H21N3O4. The number of anilines is 1. The quantitative estimate of drug-likeness (QED) is 0.779. The predicted octanol–water partition coefficient (Wildman–Crippen LogP) is 0.812. The van der Waals surface area contributed by atoms with Crippen LogP contribution in [0.15, 0.2) is 18.2 Å². The third-order valence-electron chi connectivity index (χ3n) is 3.40. The minimum atomic E-state index is -0.103. The van der Waals surface area contributed by atoms with Crippen LogP contribution < -0.4 is 20.1 Å². The van der Waals surface area contributed by atoms with Crippen LogP contribution >= 0.6 is 0 Å². The Balaban J connectivity index is 1.81. The van der Waals surface area contributed by atoms with Gasteiger partial charge in [-0.05, 0) is 18.7 Å². The van der Waals surface area contributed by atoms with Crippen LogP contribution in [0.1, 0.15) is 13.3 Å². The lowest BCUT2D eigenvalue weighted by atomic mass is 10.2. The molecule has 120 valence electrons. The van der Waals surface area contributed by atoms with Gasteiger partial charge in [0.05, 0.1) is 6.54 Å². The fraction of sp³-hybridized carbons (Fsp3) is 0.467. The first kappa shape index (κ1) is 16.1. The number of hydrogen-bond donors (Lipinski definition) is 2. The second-order valence-electron chi connectivity index (χ2n) is 4.91. The highest BCUT2D eigenvalue weighted by atomic mass is 16.7. The number of carbonyl (C=O) groups is 2. The van der Waals surface area contributed by atoms with E-state index in [1.807, 2.05) is 11.8 Å². The zero-order valence-corrected chi connectivity index (χ0v) is 12.8. The summed E-state index contributed by atoms with van der Waals surface area (Å²) >= 11 is 0. The van der Waals surface area contributed by atoms with E-state index in [0.29, 0.717) is 43.2 Å². The summed E-state index contributed by atoms with van der Waals surface area (Å²) in [6.45, 7) is 3.70.